The fourth-order valence-corrected chi connectivity index (χ4v) is 6.42. The lowest BCUT2D eigenvalue weighted by atomic mass is 9.88. The van der Waals surface area contributed by atoms with Crippen molar-refractivity contribution in [1.82, 2.24) is 19.0 Å². The normalized spacial score (nSPS) is 21.3. The fourth-order valence-electron chi connectivity index (χ4n) is 5.37. The number of alkyl halides is 3. The van der Waals surface area contributed by atoms with Crippen molar-refractivity contribution < 1.29 is 26.4 Å². The average Bonchev–Trinajstić information content (AvgIpc) is 3.27. The maximum atomic E-state index is 13.4. The second-order valence-corrected chi connectivity index (χ2v) is 12.5. The van der Waals surface area contributed by atoms with Crippen molar-refractivity contribution in [1.29, 1.82) is 0 Å². The van der Waals surface area contributed by atoms with Gasteiger partial charge in [0.25, 0.3) is 0 Å². The zero-order valence-corrected chi connectivity index (χ0v) is 22.9. The molecule has 2 atom stereocenters. The Labute approximate surface area is 226 Å². The molecule has 2 heterocycles. The summed E-state index contributed by atoms with van der Waals surface area (Å²) >= 11 is 5.77. The Morgan fingerprint density at radius 2 is 1.68 bits per heavy atom. The first-order valence-electron chi connectivity index (χ1n) is 12.4. The number of halogens is 4. The summed E-state index contributed by atoms with van der Waals surface area (Å²) in [6, 6.07) is 13.8. The fraction of sp³-hybridized carbons (Fsp3) is 0.500. The lowest BCUT2D eigenvalue weighted by Gasteiger charge is -2.35. The van der Waals surface area contributed by atoms with E-state index in [4.69, 9.17) is 11.6 Å². The zero-order chi connectivity index (χ0) is 27.7. The number of carbonyl (C=O) groups is 1. The number of benzene rings is 2. The summed E-state index contributed by atoms with van der Waals surface area (Å²) in [5.41, 5.74) is 0.768. The van der Waals surface area contributed by atoms with E-state index in [0.717, 1.165) is 11.6 Å². The third-order valence-electron chi connectivity index (χ3n) is 7.25. The molecule has 12 heteroatoms. The van der Waals surface area contributed by atoms with Crippen molar-refractivity contribution in [3.05, 3.63) is 70.2 Å². The zero-order valence-electron chi connectivity index (χ0n) is 21.4. The monoisotopic (exact) mass is 572 g/mol. The van der Waals surface area contributed by atoms with E-state index >= 15 is 0 Å². The predicted octanol–water partition coefficient (Wildman–Crippen LogP) is 4.20. The van der Waals surface area contributed by atoms with Crippen LogP contribution in [0.25, 0.3) is 0 Å². The number of nitrogens with zero attached hydrogens (tertiary/aromatic N) is 4. The highest BCUT2D eigenvalue weighted by atomic mass is 35.5. The van der Waals surface area contributed by atoms with Gasteiger partial charge in [-0.1, -0.05) is 48.0 Å². The molecule has 4 rings (SSSR count). The number of sulfonamides is 1. The number of hydrogen-bond donors (Lipinski definition) is 0. The van der Waals surface area contributed by atoms with Gasteiger partial charge >= 0.3 is 12.2 Å². The van der Waals surface area contributed by atoms with Crippen molar-refractivity contribution in [3.63, 3.8) is 0 Å². The number of amides is 2. The van der Waals surface area contributed by atoms with Crippen LogP contribution in [-0.4, -0.2) is 92.6 Å². The summed E-state index contributed by atoms with van der Waals surface area (Å²) in [5.74, 6) is 0.133. The van der Waals surface area contributed by atoms with Crippen molar-refractivity contribution in [3.8, 4) is 0 Å². The van der Waals surface area contributed by atoms with Gasteiger partial charge in [0.15, 0.2) is 0 Å². The van der Waals surface area contributed by atoms with Crippen LogP contribution in [0, 0.1) is 5.92 Å². The molecule has 2 aromatic rings. The van der Waals surface area contributed by atoms with Crippen molar-refractivity contribution in [2.45, 2.75) is 18.6 Å². The summed E-state index contributed by atoms with van der Waals surface area (Å²) in [6.45, 7) is 3.12. The lowest BCUT2D eigenvalue weighted by Crippen LogP contribution is -2.53. The number of carbonyl (C=O) groups excluding carboxylic acids is 1. The highest BCUT2D eigenvalue weighted by Gasteiger charge is 2.39. The largest absolute Gasteiger partial charge is 0.417 e. The molecule has 0 N–H and O–H groups in total. The van der Waals surface area contributed by atoms with Crippen LogP contribution in [0.15, 0.2) is 48.5 Å². The number of urea groups is 1. The molecule has 0 radical (unpaired) electrons. The first-order valence-corrected chi connectivity index (χ1v) is 14.6. The summed E-state index contributed by atoms with van der Waals surface area (Å²) in [5, 5.41) is -0.324. The third-order valence-corrected chi connectivity index (χ3v) is 8.89. The molecular formula is C26H32ClF3N4O3S. The number of likely N-dealkylation sites (tertiary alicyclic amines) is 1. The van der Waals surface area contributed by atoms with E-state index in [-0.39, 0.29) is 36.0 Å². The molecule has 2 amide bonds. The standard InChI is InChI=1S/C26H32ClF3N4O3S/c1-31(15-19-8-9-24(27)23(14-19)26(28,29)30)16-21-17-33(18-22(21)20-6-4-3-5-7-20)25(35)32-10-12-34(13-11-32)38(2,36)37/h3-9,14,21-22H,10-13,15-18H2,1-2H3/t21?,22-/m1/s1. The van der Waals surface area contributed by atoms with Crippen molar-refractivity contribution in [2.24, 2.45) is 5.92 Å². The van der Waals surface area contributed by atoms with Crippen LogP contribution in [0.1, 0.15) is 22.6 Å². The summed E-state index contributed by atoms with van der Waals surface area (Å²) in [6.07, 6.45) is -3.35. The van der Waals surface area contributed by atoms with Gasteiger partial charge in [-0.15, -0.1) is 0 Å². The van der Waals surface area contributed by atoms with Gasteiger partial charge < -0.3 is 14.7 Å². The minimum absolute atomic E-state index is 0.0656. The molecular weight excluding hydrogens is 541 g/mol. The summed E-state index contributed by atoms with van der Waals surface area (Å²) in [4.78, 5) is 18.9. The average molecular weight is 573 g/mol. The van der Waals surface area contributed by atoms with Crippen LogP contribution in [0.2, 0.25) is 5.02 Å². The van der Waals surface area contributed by atoms with Crippen LogP contribution < -0.4 is 0 Å². The quantitative estimate of drug-likeness (QED) is 0.520. The van der Waals surface area contributed by atoms with E-state index in [1.54, 1.807) is 11.0 Å². The molecule has 0 aliphatic carbocycles. The molecule has 38 heavy (non-hydrogen) atoms. The van der Waals surface area contributed by atoms with Crippen LogP contribution in [0.3, 0.4) is 0 Å². The maximum absolute atomic E-state index is 13.4. The van der Waals surface area contributed by atoms with E-state index in [1.165, 1.54) is 16.6 Å². The van der Waals surface area contributed by atoms with Gasteiger partial charge in [0.1, 0.15) is 0 Å². The maximum Gasteiger partial charge on any atom is 0.417 e. The molecule has 1 unspecified atom stereocenters. The molecule has 2 fully saturated rings. The van der Waals surface area contributed by atoms with Gasteiger partial charge in [-0.2, -0.15) is 17.5 Å². The van der Waals surface area contributed by atoms with Gasteiger partial charge in [0.2, 0.25) is 10.0 Å². The minimum atomic E-state index is -4.52. The first kappa shape index (κ1) is 28.7. The third kappa shape index (κ3) is 6.80. The Hall–Kier alpha value is -2.34. The number of piperazine rings is 1. The summed E-state index contributed by atoms with van der Waals surface area (Å²) in [7, 11) is -1.43. The van der Waals surface area contributed by atoms with E-state index in [0.29, 0.717) is 44.8 Å². The molecule has 0 saturated carbocycles. The number of rotatable bonds is 6. The van der Waals surface area contributed by atoms with Gasteiger partial charge in [0.05, 0.1) is 16.8 Å². The Kier molecular flexibility index (Phi) is 8.61. The number of hydrogen-bond acceptors (Lipinski definition) is 4. The molecule has 7 nitrogen and oxygen atoms in total. The van der Waals surface area contributed by atoms with E-state index in [2.05, 4.69) is 0 Å². The molecule has 2 aliphatic rings. The van der Waals surface area contributed by atoms with Crippen LogP contribution in [0.5, 0.6) is 0 Å². The van der Waals surface area contributed by atoms with Gasteiger partial charge in [-0.05, 0) is 36.2 Å². The topological polar surface area (TPSA) is 64.2 Å². The van der Waals surface area contributed by atoms with Crippen LogP contribution in [-0.2, 0) is 22.7 Å². The highest BCUT2D eigenvalue weighted by molar-refractivity contribution is 7.88. The first-order chi connectivity index (χ1) is 17.8. The van der Waals surface area contributed by atoms with Crippen LogP contribution in [0.4, 0.5) is 18.0 Å². The van der Waals surface area contributed by atoms with Crippen LogP contribution >= 0.6 is 11.6 Å². The smallest absolute Gasteiger partial charge is 0.324 e. The molecule has 2 saturated heterocycles. The predicted molar refractivity (Wildman–Crippen MR) is 140 cm³/mol. The molecule has 0 spiro atoms. The molecule has 0 bridgehead atoms. The Balaban J connectivity index is 1.45. The minimum Gasteiger partial charge on any atom is -0.324 e. The van der Waals surface area contributed by atoms with Gasteiger partial charge in [0, 0.05) is 58.3 Å². The molecule has 208 valence electrons. The Bertz CT molecular complexity index is 1240. The Morgan fingerprint density at radius 3 is 2.29 bits per heavy atom. The van der Waals surface area contributed by atoms with Gasteiger partial charge in [-0.25, -0.2) is 13.2 Å². The molecule has 2 aromatic carbocycles. The van der Waals surface area contributed by atoms with E-state index in [1.807, 2.05) is 47.2 Å². The van der Waals surface area contributed by atoms with Crippen molar-refractivity contribution in [2.75, 3.05) is 59.1 Å². The lowest BCUT2D eigenvalue weighted by molar-refractivity contribution is -0.137. The van der Waals surface area contributed by atoms with Gasteiger partial charge in [-0.3, -0.25) is 0 Å². The highest BCUT2D eigenvalue weighted by Crippen LogP contribution is 2.36. The molecule has 0 aromatic heterocycles. The molecule has 2 aliphatic heterocycles. The SMILES string of the molecule is CN(Cc1ccc(Cl)c(C(F)(F)F)c1)CC1CN(C(=O)N2CCN(S(C)(=O)=O)CC2)C[C@@H]1c1ccccc1. The summed E-state index contributed by atoms with van der Waals surface area (Å²) < 4.78 is 65.0. The Morgan fingerprint density at radius 1 is 1.03 bits per heavy atom. The van der Waals surface area contributed by atoms with E-state index in [9.17, 15) is 26.4 Å². The van der Waals surface area contributed by atoms with Crippen molar-refractivity contribution >= 4 is 27.7 Å². The second kappa shape index (κ2) is 11.4. The van der Waals surface area contributed by atoms with E-state index < -0.39 is 21.8 Å². The second-order valence-electron chi connectivity index (χ2n) is 10.1.